The molecular weight excluding hydrogens is 258 g/mol. The third-order valence-corrected chi connectivity index (χ3v) is 3.91. The van der Waals surface area contributed by atoms with Crippen molar-refractivity contribution in [2.75, 3.05) is 0 Å². The molecule has 2 aromatic carbocycles. The number of rotatable bonds is 5. The van der Waals surface area contributed by atoms with Crippen LogP contribution in [0, 0.1) is 20.8 Å². The van der Waals surface area contributed by atoms with E-state index in [0.29, 0.717) is 0 Å². The van der Waals surface area contributed by atoms with Crippen LogP contribution in [-0.2, 0) is 6.42 Å². The lowest BCUT2D eigenvalue weighted by Crippen LogP contribution is -2.21. The second-order valence-corrected chi connectivity index (χ2v) is 5.83. The molecule has 0 aliphatic heterocycles. The van der Waals surface area contributed by atoms with Gasteiger partial charge in [0.25, 0.3) is 0 Å². The molecule has 0 aliphatic rings. The fourth-order valence-corrected chi connectivity index (χ4v) is 2.42. The summed E-state index contributed by atoms with van der Waals surface area (Å²) in [5.74, 6) is 1.81. The van der Waals surface area contributed by atoms with Gasteiger partial charge in [-0.2, -0.15) is 0 Å². The second kappa shape index (κ2) is 6.77. The summed E-state index contributed by atoms with van der Waals surface area (Å²) in [5.41, 5.74) is 10.9. The SMILES string of the molecule is CCC(N)Cc1cccc(Oc2cc(C)cc(C)c2C)c1. The molecule has 0 radical (unpaired) electrons. The summed E-state index contributed by atoms with van der Waals surface area (Å²) in [6, 6.07) is 12.7. The van der Waals surface area contributed by atoms with Gasteiger partial charge < -0.3 is 10.5 Å². The first-order valence-electron chi connectivity index (χ1n) is 7.59. The van der Waals surface area contributed by atoms with Crippen molar-refractivity contribution in [2.24, 2.45) is 5.73 Å². The Morgan fingerprint density at radius 1 is 1.10 bits per heavy atom. The standard InChI is InChI=1S/C19H25NO/c1-5-17(20)11-16-7-6-8-18(12-16)21-19-10-13(2)9-14(3)15(19)4/h6-10,12,17H,5,11,20H2,1-4H3. The Kier molecular flexibility index (Phi) is 5.03. The molecule has 0 heterocycles. The van der Waals surface area contributed by atoms with E-state index in [1.54, 1.807) is 0 Å². The predicted molar refractivity (Wildman–Crippen MR) is 89.1 cm³/mol. The second-order valence-electron chi connectivity index (χ2n) is 5.83. The van der Waals surface area contributed by atoms with Crippen LogP contribution in [0.15, 0.2) is 36.4 Å². The number of aryl methyl sites for hydroxylation is 2. The van der Waals surface area contributed by atoms with Gasteiger partial charge in [-0.3, -0.25) is 0 Å². The predicted octanol–water partition coefficient (Wildman–Crippen LogP) is 4.68. The number of ether oxygens (including phenoxy) is 1. The molecule has 0 spiro atoms. The topological polar surface area (TPSA) is 35.2 Å². The van der Waals surface area contributed by atoms with Gasteiger partial charge in [0.05, 0.1) is 0 Å². The van der Waals surface area contributed by atoms with Crippen molar-refractivity contribution in [1.29, 1.82) is 0 Å². The molecule has 2 heteroatoms. The van der Waals surface area contributed by atoms with Crippen LogP contribution in [0.5, 0.6) is 11.5 Å². The highest BCUT2D eigenvalue weighted by Gasteiger charge is 2.07. The van der Waals surface area contributed by atoms with Gasteiger partial charge in [-0.05, 0) is 74.1 Å². The highest BCUT2D eigenvalue weighted by atomic mass is 16.5. The molecule has 0 fully saturated rings. The molecular formula is C19H25NO. The van der Waals surface area contributed by atoms with Gasteiger partial charge in [-0.15, -0.1) is 0 Å². The molecule has 21 heavy (non-hydrogen) atoms. The van der Waals surface area contributed by atoms with E-state index in [-0.39, 0.29) is 6.04 Å². The summed E-state index contributed by atoms with van der Waals surface area (Å²) in [5, 5.41) is 0. The van der Waals surface area contributed by atoms with Gasteiger partial charge in [0, 0.05) is 6.04 Å². The van der Waals surface area contributed by atoms with Gasteiger partial charge in [0.1, 0.15) is 11.5 Å². The van der Waals surface area contributed by atoms with Crippen LogP contribution < -0.4 is 10.5 Å². The Bertz CT molecular complexity index is 619. The summed E-state index contributed by atoms with van der Waals surface area (Å²) in [4.78, 5) is 0. The first-order valence-corrected chi connectivity index (χ1v) is 7.59. The van der Waals surface area contributed by atoms with E-state index in [0.717, 1.165) is 24.3 Å². The fraction of sp³-hybridized carbons (Fsp3) is 0.368. The monoisotopic (exact) mass is 283 g/mol. The normalized spacial score (nSPS) is 12.2. The fourth-order valence-electron chi connectivity index (χ4n) is 2.42. The van der Waals surface area contributed by atoms with E-state index < -0.39 is 0 Å². The Hall–Kier alpha value is -1.80. The van der Waals surface area contributed by atoms with Gasteiger partial charge in [-0.25, -0.2) is 0 Å². The molecule has 0 aliphatic carbocycles. The molecule has 0 bridgehead atoms. The average molecular weight is 283 g/mol. The largest absolute Gasteiger partial charge is 0.457 e. The van der Waals surface area contributed by atoms with Crippen molar-refractivity contribution in [3.8, 4) is 11.5 Å². The van der Waals surface area contributed by atoms with Crippen molar-refractivity contribution in [1.82, 2.24) is 0 Å². The molecule has 0 saturated carbocycles. The zero-order valence-electron chi connectivity index (χ0n) is 13.4. The Morgan fingerprint density at radius 2 is 1.86 bits per heavy atom. The summed E-state index contributed by atoms with van der Waals surface area (Å²) >= 11 is 0. The van der Waals surface area contributed by atoms with Crippen LogP contribution in [0.4, 0.5) is 0 Å². The van der Waals surface area contributed by atoms with Crippen LogP contribution in [0.25, 0.3) is 0 Å². The van der Waals surface area contributed by atoms with Gasteiger partial charge in [0.2, 0.25) is 0 Å². The van der Waals surface area contributed by atoms with Gasteiger partial charge in [-0.1, -0.05) is 25.1 Å². The molecule has 112 valence electrons. The minimum Gasteiger partial charge on any atom is -0.457 e. The van der Waals surface area contributed by atoms with Crippen LogP contribution in [0.1, 0.15) is 35.6 Å². The van der Waals surface area contributed by atoms with Crippen molar-refractivity contribution >= 4 is 0 Å². The lowest BCUT2D eigenvalue weighted by Gasteiger charge is -2.14. The number of hydrogen-bond donors (Lipinski definition) is 1. The molecule has 1 unspecified atom stereocenters. The Balaban J connectivity index is 2.22. The summed E-state index contributed by atoms with van der Waals surface area (Å²) in [6.45, 7) is 8.42. The third kappa shape index (κ3) is 4.08. The van der Waals surface area contributed by atoms with E-state index in [4.69, 9.17) is 10.5 Å². The molecule has 2 rings (SSSR count). The summed E-state index contributed by atoms with van der Waals surface area (Å²) in [6.07, 6.45) is 1.88. The maximum atomic E-state index is 6.09. The molecule has 2 aromatic rings. The van der Waals surface area contributed by atoms with E-state index in [1.165, 1.54) is 22.3 Å². The Morgan fingerprint density at radius 3 is 2.57 bits per heavy atom. The highest BCUT2D eigenvalue weighted by molar-refractivity contribution is 5.44. The maximum absolute atomic E-state index is 6.09. The number of hydrogen-bond acceptors (Lipinski definition) is 2. The lowest BCUT2D eigenvalue weighted by molar-refractivity contribution is 0.477. The minimum atomic E-state index is 0.211. The lowest BCUT2D eigenvalue weighted by atomic mass is 10.0. The maximum Gasteiger partial charge on any atom is 0.130 e. The first-order chi connectivity index (χ1) is 9.99. The smallest absolute Gasteiger partial charge is 0.130 e. The van der Waals surface area contributed by atoms with Gasteiger partial charge in [0.15, 0.2) is 0 Å². The molecule has 0 saturated heterocycles. The zero-order valence-corrected chi connectivity index (χ0v) is 13.4. The molecule has 2 nitrogen and oxygen atoms in total. The first kappa shape index (κ1) is 15.6. The van der Waals surface area contributed by atoms with Gasteiger partial charge >= 0.3 is 0 Å². The molecule has 2 N–H and O–H groups in total. The van der Waals surface area contributed by atoms with Crippen LogP contribution in [-0.4, -0.2) is 6.04 Å². The minimum absolute atomic E-state index is 0.211. The Labute approximate surface area is 127 Å². The quantitative estimate of drug-likeness (QED) is 0.864. The number of benzene rings is 2. The number of nitrogens with two attached hydrogens (primary N) is 1. The average Bonchev–Trinajstić information content (AvgIpc) is 2.44. The van der Waals surface area contributed by atoms with Crippen molar-refractivity contribution in [2.45, 2.75) is 46.6 Å². The van der Waals surface area contributed by atoms with Crippen LogP contribution in [0.3, 0.4) is 0 Å². The highest BCUT2D eigenvalue weighted by Crippen LogP contribution is 2.29. The van der Waals surface area contributed by atoms with E-state index in [1.807, 2.05) is 12.1 Å². The summed E-state index contributed by atoms with van der Waals surface area (Å²) in [7, 11) is 0. The van der Waals surface area contributed by atoms with Crippen molar-refractivity contribution < 1.29 is 4.74 Å². The molecule has 1 atom stereocenters. The zero-order chi connectivity index (χ0) is 15.4. The summed E-state index contributed by atoms with van der Waals surface area (Å²) < 4.78 is 6.09. The van der Waals surface area contributed by atoms with E-state index >= 15 is 0 Å². The van der Waals surface area contributed by atoms with E-state index in [2.05, 4.69) is 52.0 Å². The van der Waals surface area contributed by atoms with Crippen LogP contribution in [0.2, 0.25) is 0 Å². The van der Waals surface area contributed by atoms with Crippen molar-refractivity contribution in [3.05, 3.63) is 58.7 Å². The molecule has 0 amide bonds. The van der Waals surface area contributed by atoms with E-state index in [9.17, 15) is 0 Å². The van der Waals surface area contributed by atoms with Crippen molar-refractivity contribution in [3.63, 3.8) is 0 Å². The van der Waals surface area contributed by atoms with Crippen LogP contribution >= 0.6 is 0 Å². The molecule has 0 aromatic heterocycles. The third-order valence-electron chi connectivity index (χ3n) is 3.91.